The predicted molar refractivity (Wildman–Crippen MR) is 49.9 cm³/mol. The number of Topliss-reactive ketones (excluding diaryl/α,β-unsaturated/α-hetero) is 1. The maximum Gasteiger partial charge on any atom is 0.435 e. The Balaban J connectivity index is 2.34. The minimum atomic E-state index is -4.44. The lowest BCUT2D eigenvalue weighted by Gasteiger charge is -2.03. The third kappa shape index (κ3) is 2.25. The lowest BCUT2D eigenvalue weighted by atomic mass is 10.2. The van der Waals surface area contributed by atoms with E-state index in [1.165, 1.54) is 11.6 Å². The molecule has 1 fully saturated rings. The summed E-state index contributed by atoms with van der Waals surface area (Å²) in [5.41, 5.74) is -0.377. The Kier molecular flexibility index (Phi) is 2.52. The summed E-state index contributed by atoms with van der Waals surface area (Å²) in [5, 5.41) is 3.45. The van der Waals surface area contributed by atoms with Crippen molar-refractivity contribution in [2.24, 2.45) is 0 Å². The fourth-order valence-corrected chi connectivity index (χ4v) is 1.62. The van der Waals surface area contributed by atoms with Crippen LogP contribution in [0.4, 0.5) is 13.2 Å². The van der Waals surface area contributed by atoms with Gasteiger partial charge in [0.05, 0.1) is 6.54 Å². The highest BCUT2D eigenvalue weighted by Gasteiger charge is 2.37. The zero-order valence-corrected chi connectivity index (χ0v) is 8.71. The number of carbonyl (C=O) groups excluding carboxylic acids is 1. The number of carbonyl (C=O) groups is 1. The summed E-state index contributed by atoms with van der Waals surface area (Å²) in [5.74, 6) is -0.0540. The maximum absolute atomic E-state index is 12.4. The van der Waals surface area contributed by atoms with E-state index in [-0.39, 0.29) is 18.2 Å². The van der Waals surface area contributed by atoms with Gasteiger partial charge in [-0.1, -0.05) is 0 Å². The van der Waals surface area contributed by atoms with Gasteiger partial charge >= 0.3 is 6.18 Å². The molecule has 0 aliphatic heterocycles. The summed E-state index contributed by atoms with van der Waals surface area (Å²) in [6.45, 7) is 1.26. The molecule has 2 rings (SSSR count). The minimum Gasteiger partial charge on any atom is -0.298 e. The number of alkyl halides is 3. The Labute approximate surface area is 90.2 Å². The third-order valence-electron chi connectivity index (χ3n) is 2.47. The van der Waals surface area contributed by atoms with Gasteiger partial charge in [0.2, 0.25) is 0 Å². The van der Waals surface area contributed by atoms with E-state index in [0.29, 0.717) is 5.69 Å². The molecular weight excluding hydrogens is 221 g/mol. The van der Waals surface area contributed by atoms with Gasteiger partial charge in [0.1, 0.15) is 0 Å². The van der Waals surface area contributed by atoms with E-state index < -0.39 is 11.9 Å². The van der Waals surface area contributed by atoms with Crippen molar-refractivity contribution < 1.29 is 18.0 Å². The van der Waals surface area contributed by atoms with Crippen LogP contribution in [-0.4, -0.2) is 15.6 Å². The molecule has 0 aromatic carbocycles. The molecule has 0 saturated heterocycles. The molecule has 3 nitrogen and oxygen atoms in total. The van der Waals surface area contributed by atoms with Crippen LogP contribution >= 0.6 is 0 Å². The lowest BCUT2D eigenvalue weighted by molar-refractivity contribution is -0.141. The van der Waals surface area contributed by atoms with Gasteiger partial charge < -0.3 is 0 Å². The summed E-state index contributed by atoms with van der Waals surface area (Å²) in [6, 6.07) is 1.06. The number of halogens is 3. The molecule has 6 heteroatoms. The van der Waals surface area contributed by atoms with Crippen LogP contribution in [0, 0.1) is 0 Å². The van der Waals surface area contributed by atoms with E-state index in [9.17, 15) is 18.0 Å². The molecule has 1 aliphatic carbocycles. The number of ketones is 1. The highest BCUT2D eigenvalue weighted by atomic mass is 19.4. The molecule has 1 aromatic rings. The van der Waals surface area contributed by atoms with Gasteiger partial charge in [-0.25, -0.2) is 0 Å². The smallest absolute Gasteiger partial charge is 0.298 e. The van der Waals surface area contributed by atoms with E-state index in [1.54, 1.807) is 0 Å². The van der Waals surface area contributed by atoms with Gasteiger partial charge in [-0.2, -0.15) is 18.3 Å². The molecule has 0 atom stereocenters. The van der Waals surface area contributed by atoms with E-state index in [1.807, 2.05) is 0 Å². The fourth-order valence-electron chi connectivity index (χ4n) is 1.62. The van der Waals surface area contributed by atoms with Gasteiger partial charge in [0, 0.05) is 11.6 Å². The van der Waals surface area contributed by atoms with E-state index in [0.717, 1.165) is 18.9 Å². The van der Waals surface area contributed by atoms with E-state index in [4.69, 9.17) is 0 Å². The summed E-state index contributed by atoms with van der Waals surface area (Å²) < 4.78 is 38.5. The van der Waals surface area contributed by atoms with Crippen molar-refractivity contribution in [3.8, 4) is 0 Å². The SMILES string of the molecule is CC(=O)Cn1nc(C(F)(F)F)cc1C1CC1. The number of rotatable bonds is 3. The zero-order valence-electron chi connectivity index (χ0n) is 8.71. The van der Waals surface area contributed by atoms with Crippen LogP contribution in [0.1, 0.15) is 37.1 Å². The Hall–Kier alpha value is -1.33. The van der Waals surface area contributed by atoms with Crippen molar-refractivity contribution in [1.29, 1.82) is 0 Å². The molecule has 0 radical (unpaired) electrons. The number of hydrogen-bond donors (Lipinski definition) is 0. The van der Waals surface area contributed by atoms with Crippen LogP contribution < -0.4 is 0 Å². The van der Waals surface area contributed by atoms with Crippen molar-refractivity contribution in [2.75, 3.05) is 0 Å². The highest BCUT2D eigenvalue weighted by molar-refractivity contribution is 5.75. The van der Waals surface area contributed by atoms with Crippen molar-refractivity contribution in [3.63, 3.8) is 0 Å². The topological polar surface area (TPSA) is 34.9 Å². The van der Waals surface area contributed by atoms with Gasteiger partial charge in [-0.05, 0) is 25.8 Å². The van der Waals surface area contributed by atoms with Gasteiger partial charge in [0.15, 0.2) is 11.5 Å². The molecule has 1 saturated carbocycles. The summed E-state index contributed by atoms with van der Waals surface area (Å²) in [4.78, 5) is 10.9. The molecular formula is C10H11F3N2O. The molecule has 1 heterocycles. The second-order valence-electron chi connectivity index (χ2n) is 4.09. The Bertz CT molecular complexity index is 418. The molecule has 0 spiro atoms. The van der Waals surface area contributed by atoms with Gasteiger partial charge in [0.25, 0.3) is 0 Å². The summed E-state index contributed by atoms with van der Waals surface area (Å²) in [6.07, 6.45) is -2.69. The van der Waals surface area contributed by atoms with Crippen LogP contribution in [0.15, 0.2) is 6.07 Å². The first-order valence-corrected chi connectivity index (χ1v) is 5.02. The van der Waals surface area contributed by atoms with Crippen LogP contribution in [0.25, 0.3) is 0 Å². The monoisotopic (exact) mass is 232 g/mol. The van der Waals surface area contributed by atoms with Gasteiger partial charge in [-0.15, -0.1) is 0 Å². The van der Waals surface area contributed by atoms with Crippen LogP contribution in [0.5, 0.6) is 0 Å². The molecule has 16 heavy (non-hydrogen) atoms. The summed E-state index contributed by atoms with van der Waals surface area (Å²) >= 11 is 0. The van der Waals surface area contributed by atoms with Crippen LogP contribution in [0.3, 0.4) is 0 Å². The molecule has 0 bridgehead atoms. The molecule has 0 N–H and O–H groups in total. The first-order valence-electron chi connectivity index (χ1n) is 5.02. The molecule has 88 valence electrons. The summed E-state index contributed by atoms with van der Waals surface area (Å²) in [7, 11) is 0. The second-order valence-corrected chi connectivity index (χ2v) is 4.09. The van der Waals surface area contributed by atoms with Crippen LogP contribution in [0.2, 0.25) is 0 Å². The first kappa shape index (κ1) is 11.2. The average Bonchev–Trinajstić information content (AvgIpc) is 2.86. The largest absolute Gasteiger partial charge is 0.435 e. The zero-order chi connectivity index (χ0) is 11.9. The lowest BCUT2D eigenvalue weighted by Crippen LogP contribution is -2.12. The van der Waals surface area contributed by atoms with E-state index in [2.05, 4.69) is 5.10 Å². The predicted octanol–water partition coefficient (Wildman–Crippen LogP) is 2.37. The molecule has 1 aromatic heterocycles. The van der Waals surface area contributed by atoms with Crippen molar-refractivity contribution >= 4 is 5.78 Å². The minimum absolute atomic E-state index is 0.0814. The Morgan fingerprint density at radius 1 is 1.56 bits per heavy atom. The number of nitrogens with zero attached hydrogens (tertiary/aromatic N) is 2. The van der Waals surface area contributed by atoms with Crippen molar-refractivity contribution in [3.05, 3.63) is 17.5 Å². The second kappa shape index (κ2) is 3.61. The normalized spacial score (nSPS) is 16.5. The molecule has 0 amide bonds. The van der Waals surface area contributed by atoms with Crippen molar-refractivity contribution in [2.45, 2.75) is 38.4 Å². The fraction of sp³-hybridized carbons (Fsp3) is 0.600. The van der Waals surface area contributed by atoms with E-state index >= 15 is 0 Å². The Morgan fingerprint density at radius 2 is 2.19 bits per heavy atom. The average molecular weight is 232 g/mol. The Morgan fingerprint density at radius 3 is 2.62 bits per heavy atom. The molecule has 1 aliphatic rings. The molecule has 0 unspecified atom stereocenters. The standard InChI is InChI=1S/C10H11F3N2O/c1-6(16)5-15-8(7-2-3-7)4-9(14-15)10(11,12)13/h4,7H,2-3,5H2,1H3. The third-order valence-corrected chi connectivity index (χ3v) is 2.47. The quantitative estimate of drug-likeness (QED) is 0.801. The first-order chi connectivity index (χ1) is 7.38. The number of hydrogen-bond acceptors (Lipinski definition) is 2. The number of aromatic nitrogens is 2. The highest BCUT2D eigenvalue weighted by Crippen LogP contribution is 2.42. The van der Waals surface area contributed by atoms with Crippen molar-refractivity contribution in [1.82, 2.24) is 9.78 Å². The van der Waals surface area contributed by atoms with Gasteiger partial charge in [-0.3, -0.25) is 9.48 Å². The maximum atomic E-state index is 12.4. The van der Waals surface area contributed by atoms with Crippen LogP contribution in [-0.2, 0) is 17.5 Å².